The van der Waals surface area contributed by atoms with Crippen LogP contribution in [0, 0.1) is 0 Å². The lowest BCUT2D eigenvalue weighted by molar-refractivity contribution is 0.0905. The van der Waals surface area contributed by atoms with Crippen molar-refractivity contribution in [3.05, 3.63) is 35.4 Å². The molecule has 0 aliphatic heterocycles. The summed E-state index contributed by atoms with van der Waals surface area (Å²) in [6.07, 6.45) is -1.89. The first kappa shape index (κ1) is 11.1. The van der Waals surface area contributed by atoms with Gasteiger partial charge >= 0.3 is 0 Å². The second kappa shape index (κ2) is 5.07. The highest BCUT2D eigenvalue weighted by atomic mass is 16.3. The van der Waals surface area contributed by atoms with E-state index in [-0.39, 0.29) is 13.2 Å². The van der Waals surface area contributed by atoms with Gasteiger partial charge in [0.25, 0.3) is 0 Å². The molecule has 14 heavy (non-hydrogen) atoms. The molecule has 4 nitrogen and oxygen atoms in total. The van der Waals surface area contributed by atoms with Crippen LogP contribution in [0.4, 0.5) is 0 Å². The van der Waals surface area contributed by atoms with Crippen molar-refractivity contribution in [1.82, 2.24) is 0 Å². The predicted octanol–water partition coefficient (Wildman–Crippen LogP) is -0.262. The van der Waals surface area contributed by atoms with E-state index < -0.39 is 12.2 Å². The van der Waals surface area contributed by atoms with Crippen LogP contribution in [0.1, 0.15) is 23.3 Å². The molecule has 0 aliphatic carbocycles. The molecule has 0 aliphatic rings. The van der Waals surface area contributed by atoms with Gasteiger partial charge < -0.3 is 20.4 Å². The summed E-state index contributed by atoms with van der Waals surface area (Å²) in [4.78, 5) is 0. The summed E-state index contributed by atoms with van der Waals surface area (Å²) in [6, 6.07) is 6.51. The Morgan fingerprint density at radius 2 is 1.36 bits per heavy atom. The zero-order valence-electron chi connectivity index (χ0n) is 7.67. The molecule has 2 atom stereocenters. The maximum atomic E-state index is 9.31. The molecule has 78 valence electrons. The van der Waals surface area contributed by atoms with Crippen LogP contribution in [-0.2, 0) is 0 Å². The van der Waals surface area contributed by atoms with Crippen molar-refractivity contribution < 1.29 is 20.4 Å². The highest BCUT2D eigenvalue weighted by Gasteiger charge is 2.10. The van der Waals surface area contributed by atoms with E-state index in [9.17, 15) is 10.2 Å². The Kier molecular flexibility index (Phi) is 4.03. The molecule has 4 heteroatoms. The van der Waals surface area contributed by atoms with Crippen LogP contribution in [0.2, 0.25) is 0 Å². The van der Waals surface area contributed by atoms with Crippen LogP contribution in [0.25, 0.3) is 0 Å². The normalized spacial score (nSPS) is 15.1. The molecule has 0 radical (unpaired) electrons. The average molecular weight is 198 g/mol. The van der Waals surface area contributed by atoms with Gasteiger partial charge in [-0.3, -0.25) is 0 Å². The summed E-state index contributed by atoms with van der Waals surface area (Å²) < 4.78 is 0. The molecule has 0 aromatic heterocycles. The first-order valence-corrected chi connectivity index (χ1v) is 4.36. The van der Waals surface area contributed by atoms with Gasteiger partial charge in [-0.1, -0.05) is 24.3 Å². The summed E-state index contributed by atoms with van der Waals surface area (Å²) in [5, 5.41) is 36.1. The van der Waals surface area contributed by atoms with Crippen molar-refractivity contribution in [2.24, 2.45) is 0 Å². The van der Waals surface area contributed by atoms with Crippen LogP contribution in [0.15, 0.2) is 24.3 Å². The zero-order valence-corrected chi connectivity index (χ0v) is 7.67. The SMILES string of the molecule is OC[C@H](O)c1cccc([C@@H](O)CO)c1. The minimum atomic E-state index is -0.944. The van der Waals surface area contributed by atoms with Gasteiger partial charge in [-0.2, -0.15) is 0 Å². The van der Waals surface area contributed by atoms with Crippen LogP contribution < -0.4 is 0 Å². The molecule has 0 saturated heterocycles. The number of rotatable bonds is 4. The number of hydrogen-bond donors (Lipinski definition) is 4. The third-order valence-electron chi connectivity index (χ3n) is 2.03. The molecule has 0 spiro atoms. The number of benzene rings is 1. The smallest absolute Gasteiger partial charge is 0.102 e. The Labute approximate surface area is 82.1 Å². The van der Waals surface area contributed by atoms with Crippen molar-refractivity contribution >= 4 is 0 Å². The van der Waals surface area contributed by atoms with E-state index >= 15 is 0 Å². The van der Waals surface area contributed by atoms with Gasteiger partial charge in [0.05, 0.1) is 13.2 Å². The molecule has 0 bridgehead atoms. The highest BCUT2D eigenvalue weighted by molar-refractivity contribution is 5.26. The summed E-state index contributed by atoms with van der Waals surface area (Å²) >= 11 is 0. The first-order valence-electron chi connectivity index (χ1n) is 4.36. The van der Waals surface area contributed by atoms with E-state index in [1.807, 2.05) is 0 Å². The lowest BCUT2D eigenvalue weighted by Gasteiger charge is -2.12. The van der Waals surface area contributed by atoms with Gasteiger partial charge in [-0.05, 0) is 11.1 Å². The van der Waals surface area contributed by atoms with Gasteiger partial charge in [-0.25, -0.2) is 0 Å². The molecule has 4 N–H and O–H groups in total. The summed E-state index contributed by atoms with van der Waals surface area (Å²) in [7, 11) is 0. The summed E-state index contributed by atoms with van der Waals surface area (Å²) in [5.74, 6) is 0. The number of aliphatic hydroxyl groups is 4. The van der Waals surface area contributed by atoms with Crippen LogP contribution in [-0.4, -0.2) is 33.6 Å². The largest absolute Gasteiger partial charge is 0.393 e. The van der Waals surface area contributed by atoms with E-state index in [1.54, 1.807) is 24.3 Å². The van der Waals surface area contributed by atoms with E-state index in [0.717, 1.165) is 0 Å². The first-order chi connectivity index (χ1) is 6.69. The lowest BCUT2D eigenvalue weighted by atomic mass is 10.0. The second-order valence-corrected chi connectivity index (χ2v) is 3.07. The molecular weight excluding hydrogens is 184 g/mol. The molecule has 1 aromatic carbocycles. The maximum Gasteiger partial charge on any atom is 0.102 e. The Morgan fingerprint density at radius 3 is 1.71 bits per heavy atom. The minimum Gasteiger partial charge on any atom is -0.393 e. The Morgan fingerprint density at radius 1 is 0.929 bits per heavy atom. The topological polar surface area (TPSA) is 80.9 Å². The quantitative estimate of drug-likeness (QED) is 0.537. The zero-order chi connectivity index (χ0) is 10.6. The van der Waals surface area contributed by atoms with E-state index in [2.05, 4.69) is 0 Å². The fourth-order valence-corrected chi connectivity index (χ4v) is 1.18. The van der Waals surface area contributed by atoms with Crippen LogP contribution in [0.3, 0.4) is 0 Å². The number of aliphatic hydroxyl groups excluding tert-OH is 4. The van der Waals surface area contributed by atoms with Crippen molar-refractivity contribution in [2.75, 3.05) is 13.2 Å². The van der Waals surface area contributed by atoms with E-state index in [4.69, 9.17) is 10.2 Å². The van der Waals surface area contributed by atoms with E-state index in [1.165, 1.54) is 0 Å². The predicted molar refractivity (Wildman–Crippen MR) is 50.5 cm³/mol. The molecule has 0 amide bonds. The molecular formula is C10H14O4. The van der Waals surface area contributed by atoms with Gasteiger partial charge in [0, 0.05) is 0 Å². The standard InChI is InChI=1S/C10H14O4/c11-5-9(13)7-2-1-3-8(4-7)10(14)6-12/h1-4,9-14H,5-6H2/t9-,10-/m0/s1. The Balaban J connectivity index is 2.89. The minimum absolute atomic E-state index is 0.362. The van der Waals surface area contributed by atoms with Crippen LogP contribution >= 0.6 is 0 Å². The second-order valence-electron chi connectivity index (χ2n) is 3.07. The van der Waals surface area contributed by atoms with E-state index in [0.29, 0.717) is 11.1 Å². The van der Waals surface area contributed by atoms with Gasteiger partial charge in [0.2, 0.25) is 0 Å². The van der Waals surface area contributed by atoms with Gasteiger partial charge in [0.15, 0.2) is 0 Å². The Hall–Kier alpha value is -0.940. The average Bonchev–Trinajstić information content (AvgIpc) is 2.27. The maximum absolute atomic E-state index is 9.31. The van der Waals surface area contributed by atoms with Crippen molar-refractivity contribution in [2.45, 2.75) is 12.2 Å². The third kappa shape index (κ3) is 2.52. The molecule has 1 rings (SSSR count). The highest BCUT2D eigenvalue weighted by Crippen LogP contribution is 2.18. The molecule has 0 unspecified atom stereocenters. The summed E-state index contributed by atoms with van der Waals surface area (Å²) in [6.45, 7) is -0.725. The van der Waals surface area contributed by atoms with Crippen molar-refractivity contribution in [3.8, 4) is 0 Å². The van der Waals surface area contributed by atoms with Gasteiger partial charge in [0.1, 0.15) is 12.2 Å². The Bertz CT molecular complexity index is 262. The third-order valence-corrected chi connectivity index (χ3v) is 2.03. The monoisotopic (exact) mass is 198 g/mol. The number of hydrogen-bond acceptors (Lipinski definition) is 4. The molecule has 0 saturated carbocycles. The fourth-order valence-electron chi connectivity index (χ4n) is 1.18. The van der Waals surface area contributed by atoms with Crippen LogP contribution in [0.5, 0.6) is 0 Å². The van der Waals surface area contributed by atoms with Gasteiger partial charge in [-0.15, -0.1) is 0 Å². The lowest BCUT2D eigenvalue weighted by Crippen LogP contribution is -2.06. The van der Waals surface area contributed by atoms with Crippen molar-refractivity contribution in [3.63, 3.8) is 0 Å². The molecule has 0 heterocycles. The molecule has 1 aromatic rings. The molecule has 0 fully saturated rings. The fraction of sp³-hybridized carbons (Fsp3) is 0.400. The van der Waals surface area contributed by atoms with Crippen molar-refractivity contribution in [1.29, 1.82) is 0 Å². The summed E-state index contributed by atoms with van der Waals surface area (Å²) in [5.41, 5.74) is 1.05.